The summed E-state index contributed by atoms with van der Waals surface area (Å²) < 4.78 is 0. The van der Waals surface area contributed by atoms with Gasteiger partial charge in [0, 0.05) is 24.5 Å². The van der Waals surface area contributed by atoms with Crippen LogP contribution in [0.25, 0.3) is 0 Å². The van der Waals surface area contributed by atoms with Crippen molar-refractivity contribution in [3.05, 3.63) is 24.5 Å². The maximum Gasteiger partial charge on any atom is 0.224 e. The number of piperidine rings is 1. The molecule has 0 radical (unpaired) electrons. The molecule has 2 atom stereocenters. The first kappa shape index (κ1) is 19.2. The highest BCUT2D eigenvalue weighted by molar-refractivity contribution is 5.90. The summed E-state index contributed by atoms with van der Waals surface area (Å²) in [7, 11) is 0. The average molecular weight is 320 g/mol. The molecule has 1 amide bonds. The van der Waals surface area contributed by atoms with Gasteiger partial charge in [-0.15, -0.1) is 24.8 Å². The van der Waals surface area contributed by atoms with E-state index in [4.69, 9.17) is 0 Å². The molecule has 20 heavy (non-hydrogen) atoms. The van der Waals surface area contributed by atoms with Crippen molar-refractivity contribution in [2.75, 3.05) is 18.4 Å². The molecule has 6 heteroatoms. The highest BCUT2D eigenvalue weighted by atomic mass is 35.5. The summed E-state index contributed by atoms with van der Waals surface area (Å²) in [4.78, 5) is 15.8. The number of aromatic nitrogens is 1. The van der Waals surface area contributed by atoms with Gasteiger partial charge in [0.05, 0.1) is 0 Å². The van der Waals surface area contributed by atoms with E-state index in [1.165, 1.54) is 12.8 Å². The highest BCUT2D eigenvalue weighted by Gasteiger charge is 2.21. The second-order valence-corrected chi connectivity index (χ2v) is 5.07. The molecular formula is C14H23Cl2N3O. The number of hydrogen-bond donors (Lipinski definition) is 2. The summed E-state index contributed by atoms with van der Waals surface area (Å²) >= 11 is 0. The number of amides is 1. The van der Waals surface area contributed by atoms with Crippen LogP contribution in [-0.2, 0) is 4.79 Å². The summed E-state index contributed by atoms with van der Waals surface area (Å²) in [5, 5.41) is 6.31. The number of anilines is 1. The first-order valence-electron chi connectivity index (χ1n) is 6.66. The molecule has 2 heterocycles. The molecule has 2 unspecified atom stereocenters. The predicted octanol–water partition coefficient (Wildman–Crippen LogP) is 2.89. The van der Waals surface area contributed by atoms with E-state index in [-0.39, 0.29) is 30.7 Å². The van der Waals surface area contributed by atoms with E-state index in [9.17, 15) is 4.79 Å². The monoisotopic (exact) mass is 319 g/mol. The zero-order valence-corrected chi connectivity index (χ0v) is 13.3. The number of rotatable bonds is 4. The zero-order chi connectivity index (χ0) is 12.8. The van der Waals surface area contributed by atoms with Gasteiger partial charge in [0.25, 0.3) is 0 Å². The molecule has 0 aromatic carbocycles. The number of halogens is 2. The number of pyridine rings is 1. The summed E-state index contributed by atoms with van der Waals surface area (Å²) in [5.41, 5.74) is 0.823. The van der Waals surface area contributed by atoms with Crippen molar-refractivity contribution in [3.8, 4) is 0 Å². The molecule has 1 aromatic rings. The Labute approximate surface area is 132 Å². The van der Waals surface area contributed by atoms with Gasteiger partial charge in [0.2, 0.25) is 5.91 Å². The van der Waals surface area contributed by atoms with Crippen LogP contribution in [0.15, 0.2) is 24.5 Å². The van der Waals surface area contributed by atoms with Gasteiger partial charge in [-0.25, -0.2) is 0 Å². The molecule has 114 valence electrons. The Kier molecular flexibility index (Phi) is 9.55. The van der Waals surface area contributed by atoms with Crippen molar-refractivity contribution in [1.82, 2.24) is 10.3 Å². The topological polar surface area (TPSA) is 54.0 Å². The first-order valence-corrected chi connectivity index (χ1v) is 6.66. The lowest BCUT2D eigenvalue weighted by atomic mass is 9.85. The van der Waals surface area contributed by atoms with Crippen molar-refractivity contribution in [2.24, 2.45) is 11.8 Å². The Hall–Kier alpha value is -0.840. The molecule has 2 N–H and O–H groups in total. The standard InChI is InChI=1S/C14H21N3O.2ClH/c1-11(12-3-2-6-16-10-12)9-14(18)17-13-4-7-15-8-5-13;;/h4-5,7-8,11-12,16H,2-3,6,9-10H2,1H3,(H,15,17,18);2*1H. The lowest BCUT2D eigenvalue weighted by molar-refractivity contribution is -0.117. The largest absolute Gasteiger partial charge is 0.326 e. The minimum atomic E-state index is 0. The van der Waals surface area contributed by atoms with E-state index in [1.54, 1.807) is 12.4 Å². The van der Waals surface area contributed by atoms with Gasteiger partial charge in [-0.1, -0.05) is 6.92 Å². The summed E-state index contributed by atoms with van der Waals surface area (Å²) in [6, 6.07) is 3.62. The van der Waals surface area contributed by atoms with E-state index in [0.717, 1.165) is 18.8 Å². The molecule has 1 saturated heterocycles. The van der Waals surface area contributed by atoms with E-state index in [1.807, 2.05) is 12.1 Å². The molecule has 1 fully saturated rings. The maximum atomic E-state index is 11.9. The Morgan fingerprint density at radius 3 is 2.75 bits per heavy atom. The molecule has 1 aliphatic heterocycles. The highest BCUT2D eigenvalue weighted by Crippen LogP contribution is 2.22. The van der Waals surface area contributed by atoms with Gasteiger partial charge in [-0.2, -0.15) is 0 Å². The molecule has 0 bridgehead atoms. The van der Waals surface area contributed by atoms with Crippen LogP contribution < -0.4 is 10.6 Å². The summed E-state index contributed by atoms with van der Waals surface area (Å²) in [5.74, 6) is 1.15. The molecule has 0 saturated carbocycles. The number of carbonyl (C=O) groups excluding carboxylic acids is 1. The maximum absolute atomic E-state index is 11.9. The Bertz CT molecular complexity index is 383. The Morgan fingerprint density at radius 1 is 1.45 bits per heavy atom. The van der Waals surface area contributed by atoms with Crippen LogP contribution in [0.3, 0.4) is 0 Å². The molecule has 4 nitrogen and oxygen atoms in total. The minimum Gasteiger partial charge on any atom is -0.326 e. The second-order valence-electron chi connectivity index (χ2n) is 5.07. The molecule has 1 aliphatic rings. The fourth-order valence-electron chi connectivity index (χ4n) is 2.47. The van der Waals surface area contributed by atoms with Crippen molar-refractivity contribution in [3.63, 3.8) is 0 Å². The van der Waals surface area contributed by atoms with Crippen LogP contribution in [0, 0.1) is 11.8 Å². The summed E-state index contributed by atoms with van der Waals surface area (Å²) in [6.45, 7) is 4.33. The molecule has 0 aliphatic carbocycles. The number of carbonyl (C=O) groups is 1. The normalized spacial score (nSPS) is 19.1. The van der Waals surface area contributed by atoms with Crippen molar-refractivity contribution < 1.29 is 4.79 Å². The number of nitrogens with zero attached hydrogens (tertiary/aromatic N) is 1. The third-order valence-electron chi connectivity index (χ3n) is 3.61. The Morgan fingerprint density at radius 2 is 2.15 bits per heavy atom. The van der Waals surface area contributed by atoms with Crippen LogP contribution in [0.2, 0.25) is 0 Å². The van der Waals surface area contributed by atoms with Crippen LogP contribution in [0.1, 0.15) is 26.2 Å². The van der Waals surface area contributed by atoms with Crippen LogP contribution in [-0.4, -0.2) is 24.0 Å². The minimum absolute atomic E-state index is 0. The van der Waals surface area contributed by atoms with Gasteiger partial charge in [0.1, 0.15) is 0 Å². The van der Waals surface area contributed by atoms with Crippen molar-refractivity contribution in [1.29, 1.82) is 0 Å². The van der Waals surface area contributed by atoms with Gasteiger partial charge < -0.3 is 10.6 Å². The van der Waals surface area contributed by atoms with Gasteiger partial charge in [0.15, 0.2) is 0 Å². The number of nitrogens with one attached hydrogen (secondary N) is 2. The van der Waals surface area contributed by atoms with E-state index >= 15 is 0 Å². The van der Waals surface area contributed by atoms with Crippen LogP contribution in [0.4, 0.5) is 5.69 Å². The van der Waals surface area contributed by atoms with Crippen molar-refractivity contribution >= 4 is 36.4 Å². The predicted molar refractivity (Wildman–Crippen MR) is 86.7 cm³/mol. The fourth-order valence-corrected chi connectivity index (χ4v) is 2.47. The van der Waals surface area contributed by atoms with Gasteiger partial charge >= 0.3 is 0 Å². The fraction of sp³-hybridized carbons (Fsp3) is 0.571. The first-order chi connectivity index (χ1) is 8.75. The molecule has 1 aromatic heterocycles. The Balaban J connectivity index is 0.00000180. The lowest BCUT2D eigenvalue weighted by Crippen LogP contribution is -2.34. The van der Waals surface area contributed by atoms with Gasteiger partial charge in [-0.3, -0.25) is 9.78 Å². The lowest BCUT2D eigenvalue weighted by Gasteiger charge is -2.28. The molecular weight excluding hydrogens is 297 g/mol. The third-order valence-corrected chi connectivity index (χ3v) is 3.61. The zero-order valence-electron chi connectivity index (χ0n) is 11.7. The quantitative estimate of drug-likeness (QED) is 0.897. The van der Waals surface area contributed by atoms with Crippen LogP contribution in [0.5, 0.6) is 0 Å². The van der Waals surface area contributed by atoms with Gasteiger partial charge in [-0.05, 0) is 49.9 Å². The smallest absolute Gasteiger partial charge is 0.224 e. The summed E-state index contributed by atoms with van der Waals surface area (Å²) in [6.07, 6.45) is 6.42. The van der Waals surface area contributed by atoms with Crippen LogP contribution >= 0.6 is 24.8 Å². The third kappa shape index (κ3) is 6.07. The van der Waals surface area contributed by atoms with E-state index in [2.05, 4.69) is 22.5 Å². The van der Waals surface area contributed by atoms with E-state index in [0.29, 0.717) is 18.3 Å². The number of hydrogen-bond acceptors (Lipinski definition) is 3. The van der Waals surface area contributed by atoms with Crippen molar-refractivity contribution in [2.45, 2.75) is 26.2 Å². The van der Waals surface area contributed by atoms with E-state index < -0.39 is 0 Å². The molecule has 2 rings (SSSR count). The SMILES string of the molecule is CC(CC(=O)Nc1ccncc1)C1CCCNC1.Cl.Cl. The molecule has 0 spiro atoms. The average Bonchev–Trinajstić information content (AvgIpc) is 2.40. The second kappa shape index (κ2) is 9.97.